The molecule has 16 heavy (non-hydrogen) atoms. The predicted molar refractivity (Wildman–Crippen MR) is 60.8 cm³/mol. The lowest BCUT2D eigenvalue weighted by atomic mass is 9.84. The Hall–Kier alpha value is -0.970. The summed E-state index contributed by atoms with van der Waals surface area (Å²) >= 11 is 5.42. The summed E-state index contributed by atoms with van der Waals surface area (Å²) in [4.78, 5) is 25.0. The number of carbonyl (C=O) groups excluding carboxylic acids is 1. The highest BCUT2D eigenvalue weighted by Gasteiger charge is 2.38. The number of hydrogen-bond donors (Lipinski definition) is 1. The third-order valence-corrected chi connectivity index (χ3v) is 3.11. The number of nitrogens with zero attached hydrogens (tertiary/aromatic N) is 2. The van der Waals surface area contributed by atoms with Crippen LogP contribution in [0.1, 0.15) is 20.8 Å². The monoisotopic (exact) mass is 248 g/mol. The number of carboxylic acid groups (broad SMARTS) is 1. The molecular formula is C10H17ClN2O3. The second kappa shape index (κ2) is 4.49. The van der Waals surface area contributed by atoms with Crippen LogP contribution < -0.4 is 0 Å². The van der Waals surface area contributed by atoms with Crippen LogP contribution in [0.25, 0.3) is 0 Å². The average molecular weight is 249 g/mol. The first kappa shape index (κ1) is 13.1. The van der Waals surface area contributed by atoms with E-state index in [2.05, 4.69) is 0 Å². The summed E-state index contributed by atoms with van der Waals surface area (Å²) < 4.78 is 0. The lowest BCUT2D eigenvalue weighted by Gasteiger charge is -2.45. The van der Waals surface area contributed by atoms with E-state index in [0.29, 0.717) is 19.6 Å². The van der Waals surface area contributed by atoms with Crippen molar-refractivity contribution in [3.05, 3.63) is 0 Å². The Kier molecular flexibility index (Phi) is 3.68. The second-order valence-electron chi connectivity index (χ2n) is 5.06. The summed E-state index contributed by atoms with van der Waals surface area (Å²) in [6.45, 7) is 6.90. The maximum atomic E-state index is 11.1. The van der Waals surface area contributed by atoms with E-state index in [9.17, 15) is 9.59 Å². The van der Waals surface area contributed by atoms with E-state index in [1.54, 1.807) is 0 Å². The molecule has 0 aromatic rings. The smallest absolute Gasteiger partial charge is 0.407 e. The minimum absolute atomic E-state index is 0.219. The lowest BCUT2D eigenvalue weighted by molar-refractivity contribution is 0.0371. The third kappa shape index (κ3) is 2.78. The molecule has 1 N–H and O–H groups in total. The maximum absolute atomic E-state index is 11.1. The van der Waals surface area contributed by atoms with Crippen molar-refractivity contribution in [2.24, 2.45) is 5.41 Å². The van der Waals surface area contributed by atoms with Crippen molar-refractivity contribution in [1.82, 2.24) is 9.80 Å². The van der Waals surface area contributed by atoms with Gasteiger partial charge in [-0.15, -0.1) is 0 Å². The zero-order valence-electron chi connectivity index (χ0n) is 9.73. The Bertz CT molecular complexity index is 301. The fourth-order valence-electron chi connectivity index (χ4n) is 1.91. The normalized spacial score (nSPS) is 22.1. The largest absolute Gasteiger partial charge is 0.465 e. The molecule has 0 radical (unpaired) electrons. The van der Waals surface area contributed by atoms with Crippen molar-refractivity contribution < 1.29 is 14.7 Å². The average Bonchev–Trinajstić information content (AvgIpc) is 2.15. The van der Waals surface area contributed by atoms with Crippen LogP contribution in [-0.2, 0) is 0 Å². The molecule has 1 saturated heterocycles. The summed E-state index contributed by atoms with van der Waals surface area (Å²) in [5, 5.41) is 8.57. The van der Waals surface area contributed by atoms with Gasteiger partial charge in [-0.05, 0) is 17.0 Å². The van der Waals surface area contributed by atoms with E-state index >= 15 is 0 Å². The molecule has 92 valence electrons. The van der Waals surface area contributed by atoms with E-state index in [0.717, 1.165) is 0 Å². The third-order valence-electron chi connectivity index (χ3n) is 2.87. The van der Waals surface area contributed by atoms with E-state index in [1.807, 2.05) is 20.8 Å². The van der Waals surface area contributed by atoms with Gasteiger partial charge in [-0.3, -0.25) is 4.79 Å². The van der Waals surface area contributed by atoms with Crippen LogP contribution in [0.5, 0.6) is 0 Å². The molecule has 1 heterocycles. The molecule has 1 aliphatic heterocycles. The van der Waals surface area contributed by atoms with E-state index in [4.69, 9.17) is 16.7 Å². The molecule has 2 amide bonds. The van der Waals surface area contributed by atoms with Crippen molar-refractivity contribution in [2.45, 2.75) is 26.8 Å². The molecule has 6 heteroatoms. The first-order valence-electron chi connectivity index (χ1n) is 5.17. The van der Waals surface area contributed by atoms with Gasteiger partial charge in [0.2, 0.25) is 0 Å². The van der Waals surface area contributed by atoms with Crippen LogP contribution in [0.2, 0.25) is 0 Å². The van der Waals surface area contributed by atoms with Crippen molar-refractivity contribution in [3.63, 3.8) is 0 Å². The molecule has 0 bridgehead atoms. The highest BCUT2D eigenvalue weighted by Crippen LogP contribution is 2.28. The van der Waals surface area contributed by atoms with E-state index < -0.39 is 11.5 Å². The fraction of sp³-hybridized carbons (Fsp3) is 0.800. The molecule has 5 nitrogen and oxygen atoms in total. The minimum Gasteiger partial charge on any atom is -0.465 e. The molecule has 0 saturated carbocycles. The van der Waals surface area contributed by atoms with Crippen molar-refractivity contribution in [2.75, 3.05) is 19.6 Å². The summed E-state index contributed by atoms with van der Waals surface area (Å²) in [6.07, 6.45) is -0.943. The Morgan fingerprint density at radius 1 is 1.31 bits per heavy atom. The van der Waals surface area contributed by atoms with Gasteiger partial charge in [0.1, 0.15) is 0 Å². The zero-order valence-corrected chi connectivity index (χ0v) is 10.5. The quantitative estimate of drug-likeness (QED) is 0.527. The Morgan fingerprint density at radius 3 is 2.25 bits per heavy atom. The van der Waals surface area contributed by atoms with Crippen molar-refractivity contribution >= 4 is 23.1 Å². The first-order chi connectivity index (χ1) is 7.23. The lowest BCUT2D eigenvalue weighted by Crippen LogP contribution is -2.59. The minimum atomic E-state index is -0.943. The van der Waals surface area contributed by atoms with Crippen LogP contribution in [0.3, 0.4) is 0 Å². The fourth-order valence-corrected chi connectivity index (χ4v) is 2.07. The molecule has 1 unspecified atom stereocenters. The van der Waals surface area contributed by atoms with Gasteiger partial charge >= 0.3 is 11.5 Å². The molecule has 0 aromatic heterocycles. The van der Waals surface area contributed by atoms with E-state index in [1.165, 1.54) is 9.80 Å². The summed E-state index contributed by atoms with van der Waals surface area (Å²) in [5.74, 6) is 0. The molecule has 0 aliphatic carbocycles. The van der Waals surface area contributed by atoms with Crippen molar-refractivity contribution in [3.8, 4) is 0 Å². The molecule has 1 rings (SSSR count). The maximum Gasteiger partial charge on any atom is 0.407 e. The van der Waals surface area contributed by atoms with Gasteiger partial charge in [0, 0.05) is 19.6 Å². The SMILES string of the molecule is CC(C)(C)C1CN(C(=O)Cl)CCN1C(=O)O. The zero-order chi connectivity index (χ0) is 12.5. The van der Waals surface area contributed by atoms with Crippen molar-refractivity contribution in [1.29, 1.82) is 0 Å². The van der Waals surface area contributed by atoms with Gasteiger partial charge in [-0.2, -0.15) is 0 Å². The molecule has 1 atom stereocenters. The predicted octanol–water partition coefficient (Wildman–Crippen LogP) is 2.06. The summed E-state index contributed by atoms with van der Waals surface area (Å²) in [6, 6.07) is -0.221. The molecule has 0 aromatic carbocycles. The Balaban J connectivity index is 2.86. The van der Waals surface area contributed by atoms with Gasteiger partial charge in [0.05, 0.1) is 6.04 Å². The van der Waals surface area contributed by atoms with Gasteiger partial charge in [0.15, 0.2) is 0 Å². The van der Waals surface area contributed by atoms with Gasteiger partial charge < -0.3 is 14.9 Å². The van der Waals surface area contributed by atoms with Crippen LogP contribution in [0, 0.1) is 5.41 Å². The van der Waals surface area contributed by atoms with Crippen LogP contribution in [0.15, 0.2) is 0 Å². The molecular weight excluding hydrogens is 232 g/mol. The van der Waals surface area contributed by atoms with Crippen LogP contribution >= 0.6 is 11.6 Å². The van der Waals surface area contributed by atoms with Gasteiger partial charge in [0.25, 0.3) is 0 Å². The number of piperazine rings is 1. The van der Waals surface area contributed by atoms with E-state index in [-0.39, 0.29) is 11.5 Å². The summed E-state index contributed by atoms with van der Waals surface area (Å²) in [5.41, 5.74) is -0.219. The number of amides is 2. The van der Waals surface area contributed by atoms with Gasteiger partial charge in [-0.1, -0.05) is 20.8 Å². The number of rotatable bonds is 0. The Morgan fingerprint density at radius 2 is 1.88 bits per heavy atom. The highest BCUT2D eigenvalue weighted by atomic mass is 35.5. The molecule has 1 aliphatic rings. The van der Waals surface area contributed by atoms with Crippen LogP contribution in [-0.4, -0.2) is 52.0 Å². The van der Waals surface area contributed by atoms with Crippen LogP contribution in [0.4, 0.5) is 9.59 Å². The topological polar surface area (TPSA) is 60.9 Å². The first-order valence-corrected chi connectivity index (χ1v) is 5.55. The highest BCUT2D eigenvalue weighted by molar-refractivity contribution is 6.62. The number of halogens is 1. The standard InChI is InChI=1S/C10H17ClN2O3/c1-10(2,3)7-6-12(8(11)14)4-5-13(7)9(15)16/h7H,4-6H2,1-3H3,(H,15,16). The van der Waals surface area contributed by atoms with Gasteiger partial charge in [-0.25, -0.2) is 4.79 Å². The number of carbonyl (C=O) groups is 2. The number of hydrogen-bond acceptors (Lipinski definition) is 2. The summed E-state index contributed by atoms with van der Waals surface area (Å²) in [7, 11) is 0. The molecule has 0 spiro atoms. The Labute approximate surface area is 100.0 Å². The molecule has 1 fully saturated rings. The second-order valence-corrected chi connectivity index (χ2v) is 5.38.